The third kappa shape index (κ3) is 3.96. The second-order valence-corrected chi connectivity index (χ2v) is 4.30. The minimum Gasteiger partial charge on any atom is -0.493 e. The molecule has 1 aliphatic rings. The summed E-state index contributed by atoms with van der Waals surface area (Å²) >= 11 is 0. The average molecular weight is 273 g/mol. The Hall–Kier alpha value is -1.56. The third-order valence-corrected chi connectivity index (χ3v) is 2.91. The van der Waals surface area contributed by atoms with Crippen molar-refractivity contribution >= 4 is 5.69 Å². The van der Waals surface area contributed by atoms with Gasteiger partial charge in [0.2, 0.25) is 0 Å². The van der Waals surface area contributed by atoms with Gasteiger partial charge >= 0.3 is 6.61 Å². The van der Waals surface area contributed by atoms with Crippen LogP contribution in [-0.2, 0) is 4.74 Å². The third-order valence-electron chi connectivity index (χ3n) is 2.91. The summed E-state index contributed by atoms with van der Waals surface area (Å²) in [4.78, 5) is 0. The smallest absolute Gasteiger partial charge is 0.387 e. The second-order valence-electron chi connectivity index (χ2n) is 4.30. The molecule has 1 fully saturated rings. The predicted octanol–water partition coefficient (Wildman–Crippen LogP) is 2.89. The van der Waals surface area contributed by atoms with Crippen LogP contribution in [0.4, 0.5) is 14.5 Å². The maximum atomic E-state index is 12.3. The van der Waals surface area contributed by atoms with Gasteiger partial charge in [0.15, 0.2) is 11.5 Å². The van der Waals surface area contributed by atoms with E-state index in [2.05, 4.69) is 10.1 Å². The van der Waals surface area contributed by atoms with Crippen molar-refractivity contribution in [2.45, 2.75) is 25.5 Å². The number of alkyl halides is 2. The fourth-order valence-electron chi connectivity index (χ4n) is 2.04. The zero-order valence-corrected chi connectivity index (χ0v) is 10.7. The number of halogens is 2. The Morgan fingerprint density at radius 3 is 2.84 bits per heavy atom. The van der Waals surface area contributed by atoms with Crippen molar-refractivity contribution in [3.05, 3.63) is 18.2 Å². The number of methoxy groups -OCH3 is 1. The molecule has 106 valence electrons. The lowest BCUT2D eigenvalue weighted by Gasteiger charge is -2.24. The Morgan fingerprint density at radius 1 is 1.37 bits per heavy atom. The first kappa shape index (κ1) is 13.9. The molecule has 1 atom stereocenters. The summed E-state index contributed by atoms with van der Waals surface area (Å²) in [5, 5.41) is 3.24. The predicted molar refractivity (Wildman–Crippen MR) is 67.1 cm³/mol. The zero-order valence-electron chi connectivity index (χ0n) is 10.7. The van der Waals surface area contributed by atoms with Crippen molar-refractivity contribution in [2.24, 2.45) is 0 Å². The molecule has 0 aromatic heterocycles. The summed E-state index contributed by atoms with van der Waals surface area (Å²) < 4.78 is 39.4. The van der Waals surface area contributed by atoms with Crippen LogP contribution in [0, 0.1) is 0 Å². The van der Waals surface area contributed by atoms with E-state index in [-0.39, 0.29) is 17.5 Å². The molecule has 1 aliphatic heterocycles. The highest BCUT2D eigenvalue weighted by atomic mass is 19.3. The van der Waals surface area contributed by atoms with Crippen molar-refractivity contribution in [2.75, 3.05) is 25.6 Å². The van der Waals surface area contributed by atoms with Gasteiger partial charge in [0, 0.05) is 24.4 Å². The van der Waals surface area contributed by atoms with Gasteiger partial charge in [0.1, 0.15) is 0 Å². The number of ether oxygens (including phenoxy) is 3. The zero-order chi connectivity index (χ0) is 13.7. The van der Waals surface area contributed by atoms with E-state index >= 15 is 0 Å². The summed E-state index contributed by atoms with van der Waals surface area (Å²) in [5.74, 6) is 0.310. The first-order chi connectivity index (χ1) is 9.19. The molecule has 1 aromatic carbocycles. The van der Waals surface area contributed by atoms with Crippen LogP contribution >= 0.6 is 0 Å². The molecule has 0 aliphatic carbocycles. The van der Waals surface area contributed by atoms with Gasteiger partial charge < -0.3 is 19.5 Å². The van der Waals surface area contributed by atoms with Gasteiger partial charge in [-0.05, 0) is 25.0 Å². The molecule has 6 heteroatoms. The van der Waals surface area contributed by atoms with Crippen LogP contribution in [-0.4, -0.2) is 33.0 Å². The fourth-order valence-corrected chi connectivity index (χ4v) is 2.04. The number of nitrogens with one attached hydrogen (secondary N) is 1. The lowest BCUT2D eigenvalue weighted by Crippen LogP contribution is -2.29. The maximum absolute atomic E-state index is 12.3. The number of benzene rings is 1. The second kappa shape index (κ2) is 6.56. The molecule has 1 aromatic rings. The maximum Gasteiger partial charge on any atom is 0.387 e. The van der Waals surface area contributed by atoms with E-state index in [0.717, 1.165) is 19.4 Å². The van der Waals surface area contributed by atoms with Crippen molar-refractivity contribution < 1.29 is 23.0 Å². The van der Waals surface area contributed by atoms with Gasteiger partial charge in [-0.2, -0.15) is 8.78 Å². The van der Waals surface area contributed by atoms with Crippen LogP contribution in [0.25, 0.3) is 0 Å². The summed E-state index contributed by atoms with van der Waals surface area (Å²) in [5.41, 5.74) is 0.715. The minimum absolute atomic E-state index is 0.0271. The normalized spacial score (nSPS) is 19.3. The Kier molecular flexibility index (Phi) is 4.79. The summed E-state index contributed by atoms with van der Waals surface area (Å²) in [6.45, 7) is -1.47. The molecule has 1 unspecified atom stereocenters. The molecule has 19 heavy (non-hydrogen) atoms. The summed E-state index contributed by atoms with van der Waals surface area (Å²) in [6, 6.07) is 5.08. The molecule has 0 radical (unpaired) electrons. The topological polar surface area (TPSA) is 39.7 Å². The number of rotatable bonds is 5. The van der Waals surface area contributed by atoms with E-state index in [1.807, 2.05) is 0 Å². The number of hydrogen-bond acceptors (Lipinski definition) is 4. The number of anilines is 1. The van der Waals surface area contributed by atoms with Crippen molar-refractivity contribution in [1.82, 2.24) is 0 Å². The molecule has 4 nitrogen and oxygen atoms in total. The van der Waals surface area contributed by atoms with Gasteiger partial charge in [0.25, 0.3) is 0 Å². The monoisotopic (exact) mass is 273 g/mol. The van der Waals surface area contributed by atoms with Crippen LogP contribution in [0.15, 0.2) is 18.2 Å². The van der Waals surface area contributed by atoms with E-state index in [1.54, 1.807) is 12.1 Å². The molecular weight excluding hydrogens is 256 g/mol. The van der Waals surface area contributed by atoms with Gasteiger partial charge in [-0.3, -0.25) is 0 Å². The molecule has 0 saturated carbocycles. The SMILES string of the molecule is COc1ccc(NC2CCCOC2)cc1OC(F)F. The van der Waals surface area contributed by atoms with Crippen LogP contribution in [0.2, 0.25) is 0 Å². The minimum atomic E-state index is -2.87. The summed E-state index contributed by atoms with van der Waals surface area (Å²) in [7, 11) is 1.41. The molecule has 2 rings (SSSR count). The van der Waals surface area contributed by atoms with Crippen molar-refractivity contribution in [1.29, 1.82) is 0 Å². The first-order valence-corrected chi connectivity index (χ1v) is 6.16. The van der Waals surface area contributed by atoms with Crippen LogP contribution < -0.4 is 14.8 Å². The molecule has 1 N–H and O–H groups in total. The van der Waals surface area contributed by atoms with E-state index < -0.39 is 6.61 Å². The Balaban J connectivity index is 2.07. The van der Waals surface area contributed by atoms with Gasteiger partial charge in [-0.1, -0.05) is 0 Å². The van der Waals surface area contributed by atoms with Crippen molar-refractivity contribution in [3.63, 3.8) is 0 Å². The molecule has 0 spiro atoms. The molecule has 0 bridgehead atoms. The van der Waals surface area contributed by atoms with Crippen LogP contribution in [0.5, 0.6) is 11.5 Å². The quantitative estimate of drug-likeness (QED) is 0.895. The highest BCUT2D eigenvalue weighted by Crippen LogP contribution is 2.32. The highest BCUT2D eigenvalue weighted by molar-refractivity contribution is 5.55. The molecule has 1 heterocycles. The van der Waals surface area contributed by atoms with Crippen molar-refractivity contribution in [3.8, 4) is 11.5 Å². The van der Waals surface area contributed by atoms with Gasteiger partial charge in [-0.25, -0.2) is 0 Å². The Bertz CT molecular complexity index is 409. The Morgan fingerprint density at radius 2 is 2.21 bits per heavy atom. The van der Waals surface area contributed by atoms with E-state index in [1.165, 1.54) is 13.2 Å². The molecular formula is C13H17F2NO3. The van der Waals surface area contributed by atoms with E-state index in [4.69, 9.17) is 9.47 Å². The standard InChI is InChI=1S/C13H17F2NO3/c1-17-11-5-4-9(7-12(11)19-13(14)15)16-10-3-2-6-18-8-10/h4-5,7,10,13,16H,2-3,6,8H2,1H3. The first-order valence-electron chi connectivity index (χ1n) is 6.16. The lowest BCUT2D eigenvalue weighted by molar-refractivity contribution is -0.0511. The molecule has 1 saturated heterocycles. The van der Waals surface area contributed by atoms with Crippen LogP contribution in [0.3, 0.4) is 0 Å². The largest absolute Gasteiger partial charge is 0.493 e. The average Bonchev–Trinajstić information content (AvgIpc) is 2.39. The summed E-state index contributed by atoms with van der Waals surface area (Å²) in [6.07, 6.45) is 1.99. The highest BCUT2D eigenvalue weighted by Gasteiger charge is 2.15. The van der Waals surface area contributed by atoms with Gasteiger partial charge in [-0.15, -0.1) is 0 Å². The van der Waals surface area contributed by atoms with Gasteiger partial charge in [0.05, 0.1) is 13.7 Å². The Labute approximate surface area is 110 Å². The van der Waals surface area contributed by atoms with E-state index in [9.17, 15) is 8.78 Å². The number of hydrogen-bond donors (Lipinski definition) is 1. The molecule has 0 amide bonds. The van der Waals surface area contributed by atoms with E-state index in [0.29, 0.717) is 12.3 Å². The lowest BCUT2D eigenvalue weighted by atomic mass is 10.1. The van der Waals surface area contributed by atoms with Crippen LogP contribution in [0.1, 0.15) is 12.8 Å². The fraction of sp³-hybridized carbons (Fsp3) is 0.538.